The summed E-state index contributed by atoms with van der Waals surface area (Å²) < 4.78 is 13.5. The maximum Gasteiger partial charge on any atom is 0.233 e. The number of amides is 2. The molecule has 2 bridgehead atoms. The zero-order valence-electron chi connectivity index (χ0n) is 16.7. The Labute approximate surface area is 191 Å². The molecule has 0 spiro atoms. The summed E-state index contributed by atoms with van der Waals surface area (Å²) in [6, 6.07) is 4.14. The molecule has 1 saturated carbocycles. The van der Waals surface area contributed by atoms with Gasteiger partial charge in [0.05, 0.1) is 18.4 Å². The van der Waals surface area contributed by atoms with E-state index in [4.69, 9.17) is 0 Å². The van der Waals surface area contributed by atoms with E-state index in [0.717, 1.165) is 6.42 Å². The first kappa shape index (κ1) is 22.5. The molecule has 2 aliphatic carbocycles. The fourth-order valence-corrected chi connectivity index (χ4v) is 4.63. The summed E-state index contributed by atoms with van der Waals surface area (Å²) in [5.74, 6) is -0.602. The van der Waals surface area contributed by atoms with Crippen LogP contribution in [0.2, 0.25) is 0 Å². The average Bonchev–Trinajstić information content (AvgIpc) is 3.38. The first-order valence-corrected chi connectivity index (χ1v) is 10.0. The molecule has 162 valence electrons. The number of guanidine groups is 1. The molecule has 30 heavy (non-hydrogen) atoms. The Hall–Kier alpha value is -2.17. The molecule has 2 amide bonds. The molecule has 1 aromatic carbocycles. The summed E-state index contributed by atoms with van der Waals surface area (Å²) in [4.78, 5) is 31.2. The van der Waals surface area contributed by atoms with Crippen molar-refractivity contribution < 1.29 is 19.1 Å². The third-order valence-corrected chi connectivity index (χ3v) is 5.97. The molecule has 1 aliphatic heterocycles. The molecule has 1 saturated heterocycles. The van der Waals surface area contributed by atoms with E-state index in [-0.39, 0.29) is 66.0 Å². The highest BCUT2D eigenvalue weighted by Crippen LogP contribution is 2.52. The Morgan fingerprint density at radius 1 is 1.20 bits per heavy atom. The van der Waals surface area contributed by atoms with Crippen LogP contribution in [0.1, 0.15) is 18.9 Å². The minimum Gasteiger partial charge on any atom is -0.505 e. The van der Waals surface area contributed by atoms with Crippen LogP contribution in [0.25, 0.3) is 0 Å². The quantitative estimate of drug-likeness (QED) is 0.173. The largest absolute Gasteiger partial charge is 0.505 e. The number of phenolic OH excluding ortho intramolecular Hbond substituents is 1. The van der Waals surface area contributed by atoms with E-state index >= 15 is 0 Å². The van der Waals surface area contributed by atoms with Crippen LogP contribution < -0.4 is 10.6 Å². The van der Waals surface area contributed by atoms with Gasteiger partial charge in [-0.3, -0.25) is 14.5 Å². The summed E-state index contributed by atoms with van der Waals surface area (Å²) in [5.41, 5.74) is 0.623. The molecular weight excluding hydrogens is 502 g/mol. The van der Waals surface area contributed by atoms with E-state index in [2.05, 4.69) is 27.8 Å². The Bertz CT molecular complexity index is 861. The Balaban J connectivity index is 0.00000256. The maximum atomic E-state index is 13.5. The molecular formula is C21H26FIN4O3. The Morgan fingerprint density at radius 3 is 2.47 bits per heavy atom. The lowest BCUT2D eigenvalue weighted by molar-refractivity contribution is -0.140. The summed E-state index contributed by atoms with van der Waals surface area (Å²) >= 11 is 0. The number of hydrogen-bond donors (Lipinski definition) is 3. The number of hydrogen-bond acceptors (Lipinski definition) is 4. The van der Waals surface area contributed by atoms with Gasteiger partial charge in [-0.2, -0.15) is 0 Å². The van der Waals surface area contributed by atoms with Crippen LogP contribution in [0.3, 0.4) is 0 Å². The van der Waals surface area contributed by atoms with Crippen molar-refractivity contribution in [3.8, 4) is 5.75 Å². The van der Waals surface area contributed by atoms with Crippen molar-refractivity contribution in [2.45, 2.75) is 19.9 Å². The standard InChI is InChI=1S/C21H25FN4O3.HI/c1-2-23-21(25-11-12-3-6-16(27)15(22)9-12)24-7-8-26-19(28)17-13-4-5-14(10-13)18(17)20(26)29;/h3-6,9,13-14,17-18,27H,2,7-8,10-11H2,1H3,(H2,23,24,25);1H. The number of aliphatic imine (C=N–C) groups is 1. The van der Waals surface area contributed by atoms with Crippen LogP contribution in [-0.2, 0) is 16.1 Å². The number of fused-ring (bicyclic) bond motifs is 5. The lowest BCUT2D eigenvalue weighted by Gasteiger charge is -2.18. The van der Waals surface area contributed by atoms with Gasteiger partial charge in [0.2, 0.25) is 11.8 Å². The second-order valence-corrected chi connectivity index (χ2v) is 7.74. The first-order valence-electron chi connectivity index (χ1n) is 10.0. The summed E-state index contributed by atoms with van der Waals surface area (Å²) in [6.07, 6.45) is 5.09. The van der Waals surface area contributed by atoms with Crippen molar-refractivity contribution in [1.82, 2.24) is 15.5 Å². The number of nitrogens with one attached hydrogen (secondary N) is 2. The van der Waals surface area contributed by atoms with E-state index in [1.807, 2.05) is 6.92 Å². The molecule has 0 aromatic heterocycles. The minimum atomic E-state index is -0.685. The van der Waals surface area contributed by atoms with Gasteiger partial charge in [0.25, 0.3) is 0 Å². The van der Waals surface area contributed by atoms with Crippen LogP contribution >= 0.6 is 24.0 Å². The minimum absolute atomic E-state index is 0. The fraction of sp³-hybridized carbons (Fsp3) is 0.476. The van der Waals surface area contributed by atoms with Gasteiger partial charge >= 0.3 is 0 Å². The highest BCUT2D eigenvalue weighted by Gasteiger charge is 2.58. The second kappa shape index (κ2) is 9.32. The lowest BCUT2D eigenvalue weighted by Crippen LogP contribution is -2.43. The molecule has 0 radical (unpaired) electrons. The van der Waals surface area contributed by atoms with E-state index < -0.39 is 11.6 Å². The smallest absolute Gasteiger partial charge is 0.233 e. The van der Waals surface area contributed by atoms with Gasteiger partial charge < -0.3 is 15.7 Å². The van der Waals surface area contributed by atoms with Gasteiger partial charge in [-0.1, -0.05) is 18.2 Å². The molecule has 4 unspecified atom stereocenters. The number of benzene rings is 1. The number of nitrogens with zero attached hydrogens (tertiary/aromatic N) is 2. The monoisotopic (exact) mass is 528 g/mol. The topological polar surface area (TPSA) is 94.0 Å². The van der Waals surface area contributed by atoms with Crippen LogP contribution in [0.5, 0.6) is 5.75 Å². The molecule has 1 heterocycles. The van der Waals surface area contributed by atoms with Gasteiger partial charge in [-0.05, 0) is 42.9 Å². The Morgan fingerprint density at radius 2 is 1.87 bits per heavy atom. The molecule has 3 N–H and O–H groups in total. The molecule has 2 fully saturated rings. The van der Waals surface area contributed by atoms with Gasteiger partial charge in [0.15, 0.2) is 17.5 Å². The number of rotatable bonds is 6. The van der Waals surface area contributed by atoms with Crippen molar-refractivity contribution in [2.24, 2.45) is 28.7 Å². The number of carbonyl (C=O) groups is 2. The molecule has 9 heteroatoms. The number of allylic oxidation sites excluding steroid dienone is 2. The third-order valence-electron chi connectivity index (χ3n) is 5.97. The van der Waals surface area contributed by atoms with E-state index in [1.165, 1.54) is 17.0 Å². The maximum absolute atomic E-state index is 13.5. The zero-order chi connectivity index (χ0) is 20.5. The van der Waals surface area contributed by atoms with Crippen molar-refractivity contribution >= 4 is 41.8 Å². The number of imide groups is 1. The van der Waals surface area contributed by atoms with E-state index in [9.17, 15) is 19.1 Å². The van der Waals surface area contributed by atoms with Crippen molar-refractivity contribution in [3.63, 3.8) is 0 Å². The summed E-state index contributed by atoms with van der Waals surface area (Å²) in [6.45, 7) is 3.47. The number of phenols is 1. The number of likely N-dealkylation sites (tertiary alicyclic amines) is 1. The predicted octanol–water partition coefficient (Wildman–Crippen LogP) is 2.01. The summed E-state index contributed by atoms with van der Waals surface area (Å²) in [5, 5.41) is 15.5. The van der Waals surface area contributed by atoms with Crippen molar-refractivity contribution in [2.75, 3.05) is 19.6 Å². The normalized spacial score (nSPS) is 26.7. The Kier molecular flexibility index (Phi) is 6.99. The third kappa shape index (κ3) is 4.17. The molecule has 1 aromatic rings. The van der Waals surface area contributed by atoms with Crippen LogP contribution in [0.15, 0.2) is 35.3 Å². The van der Waals surface area contributed by atoms with Gasteiger partial charge in [0, 0.05) is 19.6 Å². The van der Waals surface area contributed by atoms with E-state index in [0.29, 0.717) is 31.2 Å². The molecule has 4 rings (SSSR count). The van der Waals surface area contributed by atoms with Crippen molar-refractivity contribution in [1.29, 1.82) is 0 Å². The lowest BCUT2D eigenvalue weighted by atomic mass is 9.85. The van der Waals surface area contributed by atoms with Crippen LogP contribution in [-0.4, -0.2) is 47.4 Å². The fourth-order valence-electron chi connectivity index (χ4n) is 4.63. The van der Waals surface area contributed by atoms with Crippen LogP contribution in [0.4, 0.5) is 4.39 Å². The number of carbonyl (C=O) groups excluding carboxylic acids is 2. The number of halogens is 2. The predicted molar refractivity (Wildman–Crippen MR) is 121 cm³/mol. The zero-order valence-corrected chi connectivity index (χ0v) is 19.0. The molecule has 3 aliphatic rings. The molecule has 7 nitrogen and oxygen atoms in total. The average molecular weight is 528 g/mol. The van der Waals surface area contributed by atoms with Crippen LogP contribution in [0, 0.1) is 29.5 Å². The van der Waals surface area contributed by atoms with E-state index in [1.54, 1.807) is 6.07 Å². The highest BCUT2D eigenvalue weighted by molar-refractivity contribution is 14.0. The SMILES string of the molecule is CCNC(=NCc1ccc(O)c(F)c1)NCCN1C(=O)C2C3C=CC(C3)C2C1=O.I. The second-order valence-electron chi connectivity index (χ2n) is 7.74. The first-order chi connectivity index (χ1) is 14.0. The highest BCUT2D eigenvalue weighted by atomic mass is 127. The van der Waals surface area contributed by atoms with Gasteiger partial charge in [0.1, 0.15) is 0 Å². The summed E-state index contributed by atoms with van der Waals surface area (Å²) in [7, 11) is 0. The van der Waals surface area contributed by atoms with Crippen molar-refractivity contribution in [3.05, 3.63) is 41.7 Å². The van der Waals surface area contributed by atoms with Gasteiger partial charge in [-0.25, -0.2) is 9.38 Å². The molecule has 4 atom stereocenters. The number of aromatic hydroxyl groups is 1. The van der Waals surface area contributed by atoms with Gasteiger partial charge in [-0.15, -0.1) is 24.0 Å².